The molecule has 1 aliphatic heterocycles. The fraction of sp³-hybridized carbons (Fsp3) is 0.647. The van der Waals surface area contributed by atoms with Crippen molar-refractivity contribution in [2.24, 2.45) is 0 Å². The summed E-state index contributed by atoms with van der Waals surface area (Å²) in [5.74, 6) is 0. The number of hydrogen-bond acceptors (Lipinski definition) is 2. The minimum absolute atomic E-state index is 0.110. The van der Waals surface area contributed by atoms with Gasteiger partial charge in [-0.3, -0.25) is 0 Å². The van der Waals surface area contributed by atoms with Gasteiger partial charge < -0.3 is 10.1 Å². The molecule has 0 radical (unpaired) electrons. The molecule has 2 heteroatoms. The van der Waals surface area contributed by atoms with Crippen molar-refractivity contribution in [3.63, 3.8) is 0 Å². The quantitative estimate of drug-likeness (QED) is 0.831. The summed E-state index contributed by atoms with van der Waals surface area (Å²) in [6, 6.07) is 6.72. The maximum absolute atomic E-state index is 6.56. The van der Waals surface area contributed by atoms with Crippen molar-refractivity contribution < 1.29 is 4.74 Å². The van der Waals surface area contributed by atoms with Crippen molar-refractivity contribution in [2.75, 3.05) is 13.1 Å². The van der Waals surface area contributed by atoms with Crippen LogP contribution < -0.4 is 5.32 Å². The zero-order chi connectivity index (χ0) is 13.3. The van der Waals surface area contributed by atoms with Crippen LogP contribution in [0.3, 0.4) is 0 Å². The zero-order valence-corrected chi connectivity index (χ0v) is 12.2. The summed E-state index contributed by atoms with van der Waals surface area (Å²) in [5.41, 5.74) is 4.16. The molecule has 104 valence electrons. The second kappa shape index (κ2) is 5.26. The Hall–Kier alpha value is -0.860. The summed E-state index contributed by atoms with van der Waals surface area (Å²) >= 11 is 0. The van der Waals surface area contributed by atoms with Crippen LogP contribution in [0.2, 0.25) is 0 Å². The Morgan fingerprint density at radius 3 is 2.68 bits per heavy atom. The van der Waals surface area contributed by atoms with Crippen molar-refractivity contribution in [3.05, 3.63) is 34.9 Å². The predicted molar refractivity (Wildman–Crippen MR) is 78.4 cm³/mol. The first-order valence-corrected chi connectivity index (χ1v) is 7.64. The SMILES string of the molecule is Cc1ccc(C2CNCC3(CCCCC3)O2)c(C)c1. The molecule has 1 saturated carbocycles. The number of hydrogen-bond donors (Lipinski definition) is 1. The Labute approximate surface area is 116 Å². The number of rotatable bonds is 1. The van der Waals surface area contributed by atoms with E-state index in [0.29, 0.717) is 0 Å². The van der Waals surface area contributed by atoms with Gasteiger partial charge in [-0.05, 0) is 37.8 Å². The van der Waals surface area contributed by atoms with E-state index < -0.39 is 0 Å². The van der Waals surface area contributed by atoms with E-state index in [2.05, 4.69) is 37.4 Å². The Morgan fingerprint density at radius 2 is 1.95 bits per heavy atom. The van der Waals surface area contributed by atoms with E-state index in [-0.39, 0.29) is 11.7 Å². The van der Waals surface area contributed by atoms with Crippen LogP contribution in [-0.4, -0.2) is 18.7 Å². The largest absolute Gasteiger partial charge is 0.364 e. The number of ether oxygens (including phenoxy) is 1. The monoisotopic (exact) mass is 259 g/mol. The fourth-order valence-electron chi connectivity index (χ4n) is 3.67. The maximum atomic E-state index is 6.56. The molecule has 3 rings (SSSR count). The molecule has 1 spiro atoms. The average molecular weight is 259 g/mol. The topological polar surface area (TPSA) is 21.3 Å². The molecule has 1 unspecified atom stereocenters. The Balaban J connectivity index is 1.81. The molecule has 0 amide bonds. The smallest absolute Gasteiger partial charge is 0.0959 e. The number of aryl methyl sites for hydroxylation is 2. The molecule has 1 aliphatic carbocycles. The van der Waals surface area contributed by atoms with E-state index in [1.165, 1.54) is 48.8 Å². The van der Waals surface area contributed by atoms with E-state index in [9.17, 15) is 0 Å². The summed E-state index contributed by atoms with van der Waals surface area (Å²) in [6.45, 7) is 6.34. The third-order valence-electron chi connectivity index (χ3n) is 4.71. The lowest BCUT2D eigenvalue weighted by atomic mass is 9.83. The van der Waals surface area contributed by atoms with Crippen LogP contribution >= 0.6 is 0 Å². The molecule has 2 fully saturated rings. The maximum Gasteiger partial charge on any atom is 0.0959 e. The van der Waals surface area contributed by atoms with Crippen molar-refractivity contribution in [2.45, 2.75) is 57.7 Å². The van der Waals surface area contributed by atoms with Gasteiger partial charge in [0.15, 0.2) is 0 Å². The van der Waals surface area contributed by atoms with Crippen LogP contribution in [0.5, 0.6) is 0 Å². The highest BCUT2D eigenvalue weighted by Crippen LogP contribution is 2.38. The number of benzene rings is 1. The van der Waals surface area contributed by atoms with E-state index in [0.717, 1.165) is 13.1 Å². The first-order valence-electron chi connectivity index (χ1n) is 7.64. The molecule has 2 aliphatic rings. The molecule has 1 atom stereocenters. The van der Waals surface area contributed by atoms with Gasteiger partial charge in [0.25, 0.3) is 0 Å². The summed E-state index contributed by atoms with van der Waals surface area (Å²) in [5, 5.41) is 3.61. The summed E-state index contributed by atoms with van der Waals surface area (Å²) in [4.78, 5) is 0. The molecule has 19 heavy (non-hydrogen) atoms. The second-order valence-corrected chi connectivity index (χ2v) is 6.34. The van der Waals surface area contributed by atoms with E-state index in [1.807, 2.05) is 0 Å². The molecule has 0 bridgehead atoms. The summed E-state index contributed by atoms with van der Waals surface area (Å²) in [7, 11) is 0. The van der Waals surface area contributed by atoms with Gasteiger partial charge in [-0.1, -0.05) is 43.0 Å². The van der Waals surface area contributed by atoms with E-state index >= 15 is 0 Å². The van der Waals surface area contributed by atoms with Gasteiger partial charge in [0.05, 0.1) is 11.7 Å². The Morgan fingerprint density at radius 1 is 1.16 bits per heavy atom. The Kier molecular flexibility index (Phi) is 3.64. The normalized spacial score (nSPS) is 26.5. The van der Waals surface area contributed by atoms with Gasteiger partial charge in [0, 0.05) is 13.1 Å². The molecule has 1 aromatic rings. The number of nitrogens with one attached hydrogen (secondary N) is 1. The van der Waals surface area contributed by atoms with Gasteiger partial charge in [0.1, 0.15) is 0 Å². The van der Waals surface area contributed by atoms with Crippen LogP contribution in [0.1, 0.15) is 54.9 Å². The fourth-order valence-corrected chi connectivity index (χ4v) is 3.67. The van der Waals surface area contributed by atoms with E-state index in [4.69, 9.17) is 4.74 Å². The molecular weight excluding hydrogens is 234 g/mol. The van der Waals surface area contributed by atoms with Crippen molar-refractivity contribution in [1.82, 2.24) is 5.32 Å². The van der Waals surface area contributed by atoms with Gasteiger partial charge in [-0.25, -0.2) is 0 Å². The minimum atomic E-state index is 0.110. The van der Waals surface area contributed by atoms with Gasteiger partial charge >= 0.3 is 0 Å². The van der Waals surface area contributed by atoms with Crippen molar-refractivity contribution in [3.8, 4) is 0 Å². The molecule has 1 aromatic carbocycles. The van der Waals surface area contributed by atoms with Crippen LogP contribution in [0.15, 0.2) is 18.2 Å². The average Bonchev–Trinajstić information content (AvgIpc) is 2.39. The van der Waals surface area contributed by atoms with Gasteiger partial charge in [0.2, 0.25) is 0 Å². The lowest BCUT2D eigenvalue weighted by molar-refractivity contribution is -0.136. The van der Waals surface area contributed by atoms with Crippen molar-refractivity contribution in [1.29, 1.82) is 0 Å². The van der Waals surface area contributed by atoms with Crippen LogP contribution in [-0.2, 0) is 4.74 Å². The molecule has 1 heterocycles. The molecule has 0 aromatic heterocycles. The van der Waals surface area contributed by atoms with Crippen molar-refractivity contribution >= 4 is 0 Å². The van der Waals surface area contributed by atoms with Crippen LogP contribution in [0.4, 0.5) is 0 Å². The molecule has 1 saturated heterocycles. The highest BCUT2D eigenvalue weighted by Gasteiger charge is 2.38. The predicted octanol–water partition coefficient (Wildman–Crippen LogP) is 3.67. The highest BCUT2D eigenvalue weighted by atomic mass is 16.5. The zero-order valence-electron chi connectivity index (χ0n) is 12.2. The summed E-state index contributed by atoms with van der Waals surface area (Å²) < 4.78 is 6.56. The van der Waals surface area contributed by atoms with Crippen LogP contribution in [0.25, 0.3) is 0 Å². The third-order valence-corrected chi connectivity index (χ3v) is 4.71. The van der Waals surface area contributed by atoms with Gasteiger partial charge in [-0.15, -0.1) is 0 Å². The highest BCUT2D eigenvalue weighted by molar-refractivity contribution is 5.32. The third kappa shape index (κ3) is 2.70. The molecule has 1 N–H and O–H groups in total. The Bertz CT molecular complexity index is 443. The first kappa shape index (κ1) is 13.1. The summed E-state index contributed by atoms with van der Waals surface area (Å²) in [6.07, 6.45) is 6.69. The first-order chi connectivity index (χ1) is 9.19. The number of morpholine rings is 1. The standard InChI is InChI=1S/C17H25NO/c1-13-6-7-15(14(2)10-13)16-11-18-12-17(19-16)8-4-3-5-9-17/h6-7,10,16,18H,3-5,8-9,11-12H2,1-2H3. The minimum Gasteiger partial charge on any atom is -0.364 e. The molecule has 2 nitrogen and oxygen atoms in total. The van der Waals surface area contributed by atoms with E-state index in [1.54, 1.807) is 0 Å². The lowest BCUT2D eigenvalue weighted by Gasteiger charge is -2.44. The van der Waals surface area contributed by atoms with Crippen LogP contribution in [0, 0.1) is 13.8 Å². The lowest BCUT2D eigenvalue weighted by Crippen LogP contribution is -2.51. The second-order valence-electron chi connectivity index (χ2n) is 6.34. The molecular formula is C17H25NO. The van der Waals surface area contributed by atoms with Gasteiger partial charge in [-0.2, -0.15) is 0 Å².